The average Bonchev–Trinajstić information content (AvgIpc) is 2.49. The molecule has 0 amide bonds. The van der Waals surface area contributed by atoms with E-state index in [4.69, 9.17) is 10.2 Å². The third-order valence-corrected chi connectivity index (χ3v) is 2.03. The molecule has 1 aromatic carbocycles. The number of rotatable bonds is 2. The first-order chi connectivity index (χ1) is 6.31. The van der Waals surface area contributed by atoms with Gasteiger partial charge in [0.15, 0.2) is 0 Å². The lowest BCUT2D eigenvalue weighted by molar-refractivity contribution is 0.595. The summed E-state index contributed by atoms with van der Waals surface area (Å²) in [5, 5.41) is 0.951. The van der Waals surface area contributed by atoms with Gasteiger partial charge in [-0.25, -0.2) is 4.39 Å². The summed E-state index contributed by atoms with van der Waals surface area (Å²) in [5.41, 5.74) is 7.05. The number of nitrogens with two attached hydrogens (primary N) is 1. The van der Waals surface area contributed by atoms with E-state index < -0.39 is 0 Å². The van der Waals surface area contributed by atoms with Crippen molar-refractivity contribution in [2.75, 3.05) is 6.54 Å². The monoisotopic (exact) mass is 179 g/mol. The summed E-state index contributed by atoms with van der Waals surface area (Å²) < 4.78 is 17.9. The Morgan fingerprint density at radius 1 is 1.38 bits per heavy atom. The highest BCUT2D eigenvalue weighted by molar-refractivity contribution is 5.80. The maximum Gasteiger partial charge on any atom is 0.137 e. The molecule has 1 aromatic heterocycles. The van der Waals surface area contributed by atoms with E-state index >= 15 is 0 Å². The zero-order valence-electron chi connectivity index (χ0n) is 7.09. The topological polar surface area (TPSA) is 39.2 Å². The van der Waals surface area contributed by atoms with Gasteiger partial charge in [-0.1, -0.05) is 0 Å². The number of fused-ring (bicyclic) bond motifs is 1. The Hall–Kier alpha value is -1.35. The lowest BCUT2D eigenvalue weighted by Gasteiger charge is -1.93. The van der Waals surface area contributed by atoms with Crippen LogP contribution in [0.3, 0.4) is 0 Å². The van der Waals surface area contributed by atoms with E-state index in [0.29, 0.717) is 12.1 Å². The fourth-order valence-electron chi connectivity index (χ4n) is 1.41. The lowest BCUT2D eigenvalue weighted by atomic mass is 10.1. The molecule has 0 bridgehead atoms. The minimum atomic E-state index is -0.277. The lowest BCUT2D eigenvalue weighted by Crippen LogP contribution is -2.01. The molecule has 0 radical (unpaired) electrons. The maximum absolute atomic E-state index is 12.7. The fourth-order valence-corrected chi connectivity index (χ4v) is 1.41. The van der Waals surface area contributed by atoms with Gasteiger partial charge in [-0.15, -0.1) is 0 Å². The summed E-state index contributed by atoms with van der Waals surface area (Å²) in [4.78, 5) is 0. The van der Waals surface area contributed by atoms with E-state index in [1.165, 1.54) is 12.1 Å². The van der Waals surface area contributed by atoms with Crippen molar-refractivity contribution in [2.45, 2.75) is 6.42 Å². The molecule has 2 nitrogen and oxygen atoms in total. The Kier molecular flexibility index (Phi) is 2.02. The molecule has 2 rings (SSSR count). The van der Waals surface area contributed by atoms with Crippen molar-refractivity contribution in [1.82, 2.24) is 0 Å². The SMILES string of the molecule is NCCc1coc2cc(F)ccc12. The highest BCUT2D eigenvalue weighted by Gasteiger charge is 2.05. The summed E-state index contributed by atoms with van der Waals surface area (Å²) in [6.07, 6.45) is 2.40. The number of hydrogen-bond acceptors (Lipinski definition) is 2. The molecular formula is C10H10FNO. The van der Waals surface area contributed by atoms with Gasteiger partial charge < -0.3 is 10.2 Å². The highest BCUT2D eigenvalue weighted by Crippen LogP contribution is 2.21. The summed E-state index contributed by atoms with van der Waals surface area (Å²) in [5.74, 6) is -0.277. The standard InChI is InChI=1S/C10H10FNO/c11-8-1-2-9-7(3-4-12)6-13-10(9)5-8/h1-2,5-6H,3-4,12H2. The van der Waals surface area contributed by atoms with Crippen molar-refractivity contribution in [3.63, 3.8) is 0 Å². The Bertz CT molecular complexity index is 422. The van der Waals surface area contributed by atoms with Crippen LogP contribution in [0.5, 0.6) is 0 Å². The van der Waals surface area contributed by atoms with Crippen molar-refractivity contribution >= 4 is 11.0 Å². The Morgan fingerprint density at radius 2 is 2.23 bits per heavy atom. The van der Waals surface area contributed by atoms with Gasteiger partial charge in [-0.05, 0) is 30.7 Å². The molecule has 0 saturated heterocycles. The predicted molar refractivity (Wildman–Crippen MR) is 48.9 cm³/mol. The van der Waals surface area contributed by atoms with Crippen LogP contribution < -0.4 is 5.73 Å². The smallest absolute Gasteiger partial charge is 0.137 e. The molecule has 3 heteroatoms. The molecule has 1 heterocycles. The maximum atomic E-state index is 12.7. The molecule has 0 fully saturated rings. The molecule has 68 valence electrons. The molecule has 13 heavy (non-hydrogen) atoms. The average molecular weight is 179 g/mol. The fraction of sp³-hybridized carbons (Fsp3) is 0.200. The van der Waals surface area contributed by atoms with Gasteiger partial charge >= 0.3 is 0 Å². The summed E-state index contributed by atoms with van der Waals surface area (Å²) >= 11 is 0. The Morgan fingerprint density at radius 3 is 3.00 bits per heavy atom. The van der Waals surface area contributed by atoms with Crippen molar-refractivity contribution in [3.05, 3.63) is 35.8 Å². The van der Waals surface area contributed by atoms with E-state index in [-0.39, 0.29) is 5.82 Å². The van der Waals surface area contributed by atoms with Gasteiger partial charge in [-0.3, -0.25) is 0 Å². The normalized spacial score (nSPS) is 10.9. The summed E-state index contributed by atoms with van der Waals surface area (Å²) in [7, 11) is 0. The van der Waals surface area contributed by atoms with Crippen LogP contribution in [-0.4, -0.2) is 6.54 Å². The van der Waals surface area contributed by atoms with E-state index in [9.17, 15) is 4.39 Å². The molecule has 0 aliphatic heterocycles. The van der Waals surface area contributed by atoms with Crippen LogP contribution in [0.4, 0.5) is 4.39 Å². The minimum absolute atomic E-state index is 0.277. The third-order valence-electron chi connectivity index (χ3n) is 2.03. The van der Waals surface area contributed by atoms with Crippen LogP contribution in [0.1, 0.15) is 5.56 Å². The van der Waals surface area contributed by atoms with Crippen molar-refractivity contribution in [2.24, 2.45) is 5.73 Å². The third kappa shape index (κ3) is 1.42. The van der Waals surface area contributed by atoms with Crippen molar-refractivity contribution in [3.8, 4) is 0 Å². The first-order valence-electron chi connectivity index (χ1n) is 4.17. The van der Waals surface area contributed by atoms with Crippen LogP contribution in [-0.2, 0) is 6.42 Å². The van der Waals surface area contributed by atoms with Gasteiger partial charge in [0.05, 0.1) is 6.26 Å². The largest absolute Gasteiger partial charge is 0.464 e. The Balaban J connectivity index is 2.55. The zero-order chi connectivity index (χ0) is 9.26. The predicted octanol–water partition coefficient (Wildman–Crippen LogP) is 2.07. The van der Waals surface area contributed by atoms with Crippen LogP contribution in [0.15, 0.2) is 28.9 Å². The summed E-state index contributed by atoms with van der Waals surface area (Å²) in [6.45, 7) is 0.575. The first-order valence-corrected chi connectivity index (χ1v) is 4.17. The molecule has 0 saturated carbocycles. The highest BCUT2D eigenvalue weighted by atomic mass is 19.1. The van der Waals surface area contributed by atoms with Gasteiger partial charge in [0.1, 0.15) is 11.4 Å². The van der Waals surface area contributed by atoms with Crippen molar-refractivity contribution < 1.29 is 8.81 Å². The summed E-state index contributed by atoms with van der Waals surface area (Å²) in [6, 6.07) is 4.53. The molecule has 0 aliphatic carbocycles. The van der Waals surface area contributed by atoms with Crippen LogP contribution in [0.2, 0.25) is 0 Å². The number of furan rings is 1. The van der Waals surface area contributed by atoms with Gasteiger partial charge in [0, 0.05) is 11.5 Å². The number of benzene rings is 1. The second kappa shape index (κ2) is 3.18. The number of halogens is 1. The minimum Gasteiger partial charge on any atom is -0.464 e. The quantitative estimate of drug-likeness (QED) is 0.766. The van der Waals surface area contributed by atoms with Crippen molar-refractivity contribution in [1.29, 1.82) is 0 Å². The van der Waals surface area contributed by atoms with E-state index in [0.717, 1.165) is 17.4 Å². The molecule has 0 atom stereocenters. The van der Waals surface area contributed by atoms with E-state index in [1.807, 2.05) is 0 Å². The van der Waals surface area contributed by atoms with E-state index in [2.05, 4.69) is 0 Å². The molecule has 0 spiro atoms. The van der Waals surface area contributed by atoms with E-state index in [1.54, 1.807) is 12.3 Å². The van der Waals surface area contributed by atoms with Gasteiger partial charge in [0.25, 0.3) is 0 Å². The molecule has 2 N–H and O–H groups in total. The van der Waals surface area contributed by atoms with Crippen LogP contribution in [0, 0.1) is 5.82 Å². The van der Waals surface area contributed by atoms with Crippen LogP contribution >= 0.6 is 0 Å². The molecular weight excluding hydrogens is 169 g/mol. The Labute approximate surface area is 75.1 Å². The molecule has 2 aromatic rings. The van der Waals surface area contributed by atoms with Gasteiger partial charge in [-0.2, -0.15) is 0 Å². The second-order valence-corrected chi connectivity index (χ2v) is 2.94. The van der Waals surface area contributed by atoms with Crippen LogP contribution in [0.25, 0.3) is 11.0 Å². The molecule has 0 unspecified atom stereocenters. The second-order valence-electron chi connectivity index (χ2n) is 2.94. The zero-order valence-corrected chi connectivity index (χ0v) is 7.09. The molecule has 0 aliphatic rings. The first kappa shape index (κ1) is 8.26. The number of hydrogen-bond donors (Lipinski definition) is 1. The van der Waals surface area contributed by atoms with Gasteiger partial charge in [0.2, 0.25) is 0 Å².